The molecule has 2 N–H and O–H groups in total. The zero-order valence-corrected chi connectivity index (χ0v) is 15.1. The Morgan fingerprint density at radius 2 is 2.11 bits per heavy atom. The van der Waals surface area contributed by atoms with Crippen LogP contribution in [-0.4, -0.2) is 46.0 Å². The maximum Gasteiger partial charge on any atom is 0.246 e. The number of benzene rings is 1. The maximum atomic E-state index is 12.4. The summed E-state index contributed by atoms with van der Waals surface area (Å²) in [6.07, 6.45) is 2.29. The number of nitrogens with zero attached hydrogens (tertiary/aromatic N) is 3. The lowest BCUT2D eigenvalue weighted by molar-refractivity contribution is -0.134. The van der Waals surface area contributed by atoms with Gasteiger partial charge in [-0.2, -0.15) is 4.98 Å². The molecule has 2 heterocycles. The number of carbonyl (C=O) groups excluding carboxylic acids is 2. The second-order valence-corrected chi connectivity index (χ2v) is 7.06. The molecule has 1 saturated heterocycles. The van der Waals surface area contributed by atoms with Crippen molar-refractivity contribution in [2.75, 3.05) is 13.1 Å². The normalized spacial score (nSPS) is 20.3. The zero-order valence-electron chi connectivity index (χ0n) is 15.1. The van der Waals surface area contributed by atoms with Crippen molar-refractivity contribution in [3.8, 4) is 0 Å². The first kappa shape index (κ1) is 17.7. The second kappa shape index (κ2) is 7.87. The minimum absolute atomic E-state index is 0.0995. The number of piperazine rings is 1. The summed E-state index contributed by atoms with van der Waals surface area (Å²) in [5, 5.41) is 9.56. The van der Waals surface area contributed by atoms with Crippen molar-refractivity contribution in [1.82, 2.24) is 25.7 Å². The minimum atomic E-state index is -0.483. The van der Waals surface area contributed by atoms with Gasteiger partial charge in [0.1, 0.15) is 0 Å². The van der Waals surface area contributed by atoms with Crippen LogP contribution in [0.15, 0.2) is 34.9 Å². The highest BCUT2D eigenvalue weighted by Gasteiger charge is 2.32. The van der Waals surface area contributed by atoms with Crippen molar-refractivity contribution >= 4 is 11.8 Å². The van der Waals surface area contributed by atoms with Crippen molar-refractivity contribution in [3.63, 3.8) is 0 Å². The number of aromatic nitrogens is 2. The summed E-state index contributed by atoms with van der Waals surface area (Å²) < 4.78 is 5.16. The van der Waals surface area contributed by atoms with E-state index in [0.717, 1.165) is 24.2 Å². The van der Waals surface area contributed by atoms with Gasteiger partial charge in [0, 0.05) is 25.6 Å². The third-order valence-electron chi connectivity index (χ3n) is 4.91. The van der Waals surface area contributed by atoms with Crippen LogP contribution < -0.4 is 10.6 Å². The van der Waals surface area contributed by atoms with E-state index in [-0.39, 0.29) is 24.8 Å². The Hall–Kier alpha value is -2.74. The van der Waals surface area contributed by atoms with Gasteiger partial charge in [-0.25, -0.2) is 0 Å². The number of rotatable bonds is 7. The number of amides is 2. The predicted molar refractivity (Wildman–Crippen MR) is 96.4 cm³/mol. The molecule has 2 aromatic rings. The van der Waals surface area contributed by atoms with Crippen molar-refractivity contribution in [2.45, 2.75) is 44.3 Å². The summed E-state index contributed by atoms with van der Waals surface area (Å²) in [6.45, 7) is 2.13. The van der Waals surface area contributed by atoms with Crippen molar-refractivity contribution < 1.29 is 14.1 Å². The Morgan fingerprint density at radius 3 is 2.89 bits per heavy atom. The average molecular weight is 369 g/mol. The quantitative estimate of drug-likeness (QED) is 0.754. The average Bonchev–Trinajstić information content (AvgIpc) is 3.42. The first-order valence-corrected chi connectivity index (χ1v) is 9.34. The van der Waals surface area contributed by atoms with Gasteiger partial charge in [-0.05, 0) is 18.4 Å². The fraction of sp³-hybridized carbons (Fsp3) is 0.474. The van der Waals surface area contributed by atoms with E-state index < -0.39 is 6.04 Å². The van der Waals surface area contributed by atoms with Gasteiger partial charge in [0.15, 0.2) is 5.82 Å². The Kier molecular flexibility index (Phi) is 5.15. The molecule has 2 amide bonds. The van der Waals surface area contributed by atoms with Crippen molar-refractivity contribution in [3.05, 3.63) is 47.6 Å². The Labute approximate surface area is 157 Å². The number of carbonyl (C=O) groups is 2. The third-order valence-corrected chi connectivity index (χ3v) is 4.91. The molecule has 0 unspecified atom stereocenters. The highest BCUT2D eigenvalue weighted by Crippen LogP contribution is 2.38. The van der Waals surface area contributed by atoms with Gasteiger partial charge >= 0.3 is 0 Å². The van der Waals surface area contributed by atoms with Crippen LogP contribution in [0.4, 0.5) is 0 Å². The molecule has 4 rings (SSSR count). The Balaban J connectivity index is 1.32. The van der Waals surface area contributed by atoms with Crippen molar-refractivity contribution in [2.24, 2.45) is 0 Å². The van der Waals surface area contributed by atoms with Crippen LogP contribution in [0.2, 0.25) is 0 Å². The Bertz CT molecular complexity index is 803. The van der Waals surface area contributed by atoms with Crippen molar-refractivity contribution in [1.29, 1.82) is 0 Å². The van der Waals surface area contributed by atoms with Gasteiger partial charge in [0.05, 0.1) is 19.0 Å². The van der Waals surface area contributed by atoms with Gasteiger partial charge in [-0.3, -0.25) is 14.5 Å². The van der Waals surface area contributed by atoms with E-state index in [1.807, 2.05) is 35.2 Å². The van der Waals surface area contributed by atoms with E-state index in [1.165, 1.54) is 0 Å². The van der Waals surface area contributed by atoms with E-state index in [9.17, 15) is 9.59 Å². The van der Waals surface area contributed by atoms with E-state index in [0.29, 0.717) is 31.4 Å². The van der Waals surface area contributed by atoms with Crippen LogP contribution in [-0.2, 0) is 22.7 Å². The molecule has 27 heavy (non-hydrogen) atoms. The van der Waals surface area contributed by atoms with Crippen LogP contribution in [0.25, 0.3) is 0 Å². The molecule has 2 fully saturated rings. The monoisotopic (exact) mass is 369 g/mol. The predicted octanol–water partition coefficient (Wildman–Crippen LogP) is 0.954. The lowest BCUT2D eigenvalue weighted by Gasteiger charge is -2.34. The van der Waals surface area contributed by atoms with Crippen LogP contribution in [0.5, 0.6) is 0 Å². The summed E-state index contributed by atoms with van der Waals surface area (Å²) in [4.78, 5) is 31.0. The van der Waals surface area contributed by atoms with E-state index in [4.69, 9.17) is 4.52 Å². The summed E-state index contributed by atoms with van der Waals surface area (Å²) in [5.74, 6) is 1.22. The minimum Gasteiger partial charge on any atom is -0.353 e. The molecule has 0 radical (unpaired) electrons. The molecule has 1 aliphatic heterocycles. The number of hydrogen-bond acceptors (Lipinski definition) is 6. The summed E-state index contributed by atoms with van der Waals surface area (Å²) in [7, 11) is 0. The molecule has 2 aliphatic rings. The van der Waals surface area contributed by atoms with E-state index in [2.05, 4.69) is 20.8 Å². The molecule has 8 heteroatoms. The van der Waals surface area contributed by atoms with Gasteiger partial charge in [-0.1, -0.05) is 35.5 Å². The molecule has 1 aromatic heterocycles. The molecule has 1 aromatic carbocycles. The van der Waals surface area contributed by atoms with Gasteiger partial charge < -0.3 is 15.2 Å². The first-order valence-electron chi connectivity index (χ1n) is 9.34. The SMILES string of the molecule is O=C(C[C@H]1C(=O)NCCN1Cc1ccccc1)NCc1nc(C2CC2)no1. The van der Waals surface area contributed by atoms with E-state index in [1.54, 1.807) is 0 Å². The van der Waals surface area contributed by atoms with Gasteiger partial charge in [0.25, 0.3) is 0 Å². The molecule has 1 saturated carbocycles. The Morgan fingerprint density at radius 1 is 1.30 bits per heavy atom. The van der Waals surface area contributed by atoms with Crippen LogP contribution in [0.1, 0.15) is 42.5 Å². The fourth-order valence-electron chi connectivity index (χ4n) is 3.26. The lowest BCUT2D eigenvalue weighted by Crippen LogP contribution is -2.56. The van der Waals surface area contributed by atoms with E-state index >= 15 is 0 Å². The van der Waals surface area contributed by atoms with Gasteiger partial charge in [0.2, 0.25) is 17.7 Å². The summed E-state index contributed by atoms with van der Waals surface area (Å²) in [6, 6.07) is 9.48. The molecule has 0 spiro atoms. The maximum absolute atomic E-state index is 12.4. The molecule has 0 bridgehead atoms. The molecule has 8 nitrogen and oxygen atoms in total. The zero-order chi connectivity index (χ0) is 18.6. The number of hydrogen-bond donors (Lipinski definition) is 2. The van der Waals surface area contributed by atoms with Crippen LogP contribution in [0.3, 0.4) is 0 Å². The van der Waals surface area contributed by atoms with Gasteiger partial charge in [-0.15, -0.1) is 0 Å². The molecular formula is C19H23N5O3. The van der Waals surface area contributed by atoms with Crippen LogP contribution in [0, 0.1) is 0 Å². The smallest absolute Gasteiger partial charge is 0.246 e. The largest absolute Gasteiger partial charge is 0.353 e. The molecule has 1 aliphatic carbocycles. The summed E-state index contributed by atoms with van der Waals surface area (Å²) in [5.41, 5.74) is 1.12. The highest BCUT2D eigenvalue weighted by molar-refractivity contribution is 5.88. The topological polar surface area (TPSA) is 100 Å². The molecular weight excluding hydrogens is 346 g/mol. The fourth-order valence-corrected chi connectivity index (χ4v) is 3.26. The van der Waals surface area contributed by atoms with Crippen LogP contribution >= 0.6 is 0 Å². The standard InChI is InChI=1S/C19H23N5O3/c25-16(21-11-17-22-18(23-27-17)14-6-7-14)10-15-19(26)20-8-9-24(15)12-13-4-2-1-3-5-13/h1-5,14-15H,6-12H2,(H,20,26)(H,21,25)/t15-/m0/s1. The third kappa shape index (κ3) is 4.51. The molecule has 142 valence electrons. The highest BCUT2D eigenvalue weighted by atomic mass is 16.5. The second-order valence-electron chi connectivity index (χ2n) is 7.06. The summed E-state index contributed by atoms with van der Waals surface area (Å²) >= 11 is 0. The number of nitrogens with one attached hydrogen (secondary N) is 2. The molecule has 1 atom stereocenters. The lowest BCUT2D eigenvalue weighted by atomic mass is 10.1. The first-order chi connectivity index (χ1) is 13.2.